The van der Waals surface area contributed by atoms with Gasteiger partial charge in [-0.2, -0.15) is 0 Å². The summed E-state index contributed by atoms with van der Waals surface area (Å²) in [6.07, 6.45) is 5.19. The zero-order valence-electron chi connectivity index (χ0n) is 19.5. The van der Waals surface area contributed by atoms with Gasteiger partial charge in [0.2, 0.25) is 5.91 Å². The van der Waals surface area contributed by atoms with Crippen LogP contribution in [-0.4, -0.2) is 70.6 Å². The highest BCUT2D eigenvalue weighted by Crippen LogP contribution is 2.33. The van der Waals surface area contributed by atoms with Gasteiger partial charge in [0, 0.05) is 37.8 Å². The smallest absolute Gasteiger partial charge is 0.247 e. The average Bonchev–Trinajstić information content (AvgIpc) is 3.09. The van der Waals surface area contributed by atoms with E-state index in [4.69, 9.17) is 16.3 Å². The minimum absolute atomic E-state index is 0.0514. The van der Waals surface area contributed by atoms with Gasteiger partial charge in [-0.3, -0.25) is 9.69 Å². The lowest BCUT2D eigenvalue weighted by atomic mass is 10.1. The van der Waals surface area contributed by atoms with Crippen LogP contribution in [-0.2, 0) is 22.3 Å². The van der Waals surface area contributed by atoms with Gasteiger partial charge in [-0.1, -0.05) is 23.7 Å². The lowest BCUT2D eigenvalue weighted by Crippen LogP contribution is -2.55. The van der Waals surface area contributed by atoms with Crippen LogP contribution in [0.4, 0.5) is 4.39 Å². The van der Waals surface area contributed by atoms with Crippen molar-refractivity contribution in [1.29, 1.82) is 0 Å². The number of carbonyl (C=O) groups is 1. The van der Waals surface area contributed by atoms with Gasteiger partial charge in [0.25, 0.3) is 0 Å². The van der Waals surface area contributed by atoms with Crippen LogP contribution in [0.15, 0.2) is 47.4 Å². The summed E-state index contributed by atoms with van der Waals surface area (Å²) in [5, 5.41) is 0.367. The van der Waals surface area contributed by atoms with Crippen molar-refractivity contribution < 1.29 is 18.1 Å². The van der Waals surface area contributed by atoms with Crippen molar-refractivity contribution in [3.8, 4) is 5.75 Å². The van der Waals surface area contributed by atoms with Crippen LogP contribution in [0.25, 0.3) is 6.08 Å². The van der Waals surface area contributed by atoms with Gasteiger partial charge < -0.3 is 9.64 Å². The van der Waals surface area contributed by atoms with Gasteiger partial charge in [-0.25, -0.2) is 12.9 Å². The van der Waals surface area contributed by atoms with Crippen molar-refractivity contribution in [3.63, 3.8) is 0 Å². The van der Waals surface area contributed by atoms with E-state index in [9.17, 15) is 13.4 Å². The Labute approximate surface area is 207 Å². The zero-order valence-corrected chi connectivity index (χ0v) is 21.1. The molecule has 34 heavy (non-hydrogen) atoms. The molecule has 6 nitrogen and oxygen atoms in total. The Morgan fingerprint density at radius 3 is 2.44 bits per heavy atom. The second kappa shape index (κ2) is 10.6. The summed E-state index contributed by atoms with van der Waals surface area (Å²) < 4.78 is 32.9. The lowest BCUT2D eigenvalue weighted by molar-refractivity contribution is -0.131. The third-order valence-corrected chi connectivity index (χ3v) is 8.03. The van der Waals surface area contributed by atoms with Crippen LogP contribution in [0.5, 0.6) is 5.75 Å². The van der Waals surface area contributed by atoms with Crippen LogP contribution in [0.1, 0.15) is 24.0 Å². The topological polar surface area (TPSA) is 53.1 Å². The molecule has 2 saturated heterocycles. The number of halogens is 2. The second-order valence-corrected chi connectivity index (χ2v) is 10.9. The lowest BCUT2D eigenvalue weighted by Gasteiger charge is -2.40. The Bertz CT molecular complexity index is 1100. The molecule has 2 aromatic carbocycles. The molecule has 2 bridgehead atoms. The number of fused-ring (bicyclic) bond motifs is 2. The zero-order chi connectivity index (χ0) is 24.4. The fourth-order valence-electron chi connectivity index (χ4n) is 4.76. The fourth-order valence-corrected chi connectivity index (χ4v) is 6.01. The Kier molecular flexibility index (Phi) is 7.72. The van der Waals surface area contributed by atoms with Crippen molar-refractivity contribution in [3.05, 3.63) is 64.4 Å². The minimum Gasteiger partial charge on any atom is -0.495 e. The largest absolute Gasteiger partial charge is 0.495 e. The number of benzene rings is 2. The summed E-state index contributed by atoms with van der Waals surface area (Å²) in [7, 11) is 3.53. The quantitative estimate of drug-likeness (QED) is 0.534. The molecule has 182 valence electrons. The number of hydrogen-bond acceptors (Lipinski definition) is 4. The number of rotatable bonds is 7. The van der Waals surface area contributed by atoms with Crippen LogP contribution in [0, 0.1) is 5.82 Å². The minimum atomic E-state index is -1.43. The van der Waals surface area contributed by atoms with E-state index >= 15 is 0 Å². The number of nitrogens with zero attached hydrogens (tertiary/aromatic N) is 3. The van der Waals surface area contributed by atoms with E-state index in [2.05, 4.69) is 4.90 Å². The first-order chi connectivity index (χ1) is 16.3. The number of piperazine rings is 1. The molecule has 2 heterocycles. The number of ether oxygens (including phenoxy) is 1. The molecule has 0 aromatic heterocycles. The van der Waals surface area contributed by atoms with Crippen molar-refractivity contribution >= 4 is 34.6 Å². The molecular weight excluding hydrogens is 477 g/mol. The summed E-state index contributed by atoms with van der Waals surface area (Å²) in [6.45, 7) is 2.33. The van der Waals surface area contributed by atoms with Gasteiger partial charge in [-0.05, 0) is 68.4 Å². The first-order valence-electron chi connectivity index (χ1n) is 11.2. The highest BCUT2D eigenvalue weighted by Gasteiger charge is 2.41. The Morgan fingerprint density at radius 1 is 1.21 bits per heavy atom. The maximum absolute atomic E-state index is 13.2. The van der Waals surface area contributed by atoms with Crippen molar-refractivity contribution in [1.82, 2.24) is 14.1 Å². The Morgan fingerprint density at radius 2 is 1.85 bits per heavy atom. The summed E-state index contributed by atoms with van der Waals surface area (Å²) >= 11 is 6.26. The van der Waals surface area contributed by atoms with Crippen molar-refractivity contribution in [2.75, 3.05) is 34.3 Å². The molecule has 0 spiro atoms. The summed E-state index contributed by atoms with van der Waals surface area (Å²) in [6, 6.07) is 10.2. The molecule has 2 aliphatic heterocycles. The molecule has 3 unspecified atom stereocenters. The van der Waals surface area contributed by atoms with Crippen LogP contribution >= 0.6 is 11.6 Å². The van der Waals surface area contributed by atoms with Crippen LogP contribution in [0.2, 0.25) is 5.02 Å². The number of likely N-dealkylation sites (tertiary alicyclic amines) is 1. The second-order valence-electron chi connectivity index (χ2n) is 8.87. The first kappa shape index (κ1) is 24.9. The molecule has 0 radical (unpaired) electrons. The molecule has 2 aromatic rings. The predicted octanol–water partition coefficient (Wildman–Crippen LogP) is 3.96. The van der Waals surface area contributed by atoms with Crippen LogP contribution < -0.4 is 4.74 Å². The molecule has 2 fully saturated rings. The van der Waals surface area contributed by atoms with E-state index < -0.39 is 11.0 Å². The van der Waals surface area contributed by atoms with E-state index in [0.717, 1.165) is 38.0 Å². The van der Waals surface area contributed by atoms with Crippen LogP contribution in [0.3, 0.4) is 0 Å². The normalized spacial score (nSPS) is 21.4. The standard InChI is InChI=1S/C25H29ClFN3O3S/c1-28(2)34(32)24-13-22(26)23(33-3)12-18(24)6-11-25(31)30-20-9-10-21(30)16-29(15-20)14-17-4-7-19(27)8-5-17/h4-8,11-13,20-21H,9-10,14-16H2,1-3H3/b11-6+. The van der Waals surface area contributed by atoms with Crippen molar-refractivity contribution in [2.24, 2.45) is 0 Å². The third kappa shape index (κ3) is 5.35. The highest BCUT2D eigenvalue weighted by molar-refractivity contribution is 7.82. The van der Waals surface area contributed by atoms with E-state index in [1.54, 1.807) is 42.7 Å². The number of carbonyl (C=O) groups excluding carboxylic acids is 1. The fraction of sp³-hybridized carbons (Fsp3) is 0.400. The third-order valence-electron chi connectivity index (χ3n) is 6.34. The van der Waals surface area contributed by atoms with E-state index in [0.29, 0.717) is 21.2 Å². The first-order valence-corrected chi connectivity index (χ1v) is 12.7. The van der Waals surface area contributed by atoms with E-state index in [1.807, 2.05) is 17.0 Å². The number of amides is 1. The molecule has 0 N–H and O–H groups in total. The average molecular weight is 506 g/mol. The monoisotopic (exact) mass is 505 g/mol. The SMILES string of the molecule is COc1cc(/C=C/C(=O)N2C3CCC2CN(Cc2ccc(F)cc2)C3)c(S(=O)N(C)C)cc1Cl. The van der Waals surface area contributed by atoms with Gasteiger partial charge in [0.1, 0.15) is 22.6 Å². The summed E-state index contributed by atoms with van der Waals surface area (Å²) in [4.78, 5) is 18.0. The van der Waals surface area contributed by atoms with Gasteiger partial charge in [-0.15, -0.1) is 0 Å². The molecule has 9 heteroatoms. The molecule has 2 aliphatic rings. The van der Waals surface area contributed by atoms with Gasteiger partial charge in [0.15, 0.2) is 0 Å². The number of hydrogen-bond donors (Lipinski definition) is 0. The molecular formula is C25H29ClFN3O3S. The molecule has 0 saturated carbocycles. The molecule has 1 amide bonds. The van der Waals surface area contributed by atoms with Gasteiger partial charge in [0.05, 0.1) is 17.0 Å². The molecule has 4 rings (SSSR count). The molecule has 3 atom stereocenters. The Hall–Kier alpha value is -2.26. The Balaban J connectivity index is 1.49. The number of methoxy groups -OCH3 is 1. The summed E-state index contributed by atoms with van der Waals surface area (Å²) in [5.41, 5.74) is 1.70. The summed E-state index contributed by atoms with van der Waals surface area (Å²) in [5.74, 6) is 0.175. The van der Waals surface area contributed by atoms with Crippen molar-refractivity contribution in [2.45, 2.75) is 36.4 Å². The predicted molar refractivity (Wildman–Crippen MR) is 132 cm³/mol. The van der Waals surface area contributed by atoms with E-state index in [-0.39, 0.29) is 23.8 Å². The molecule has 0 aliphatic carbocycles. The highest BCUT2D eigenvalue weighted by atomic mass is 35.5. The maximum Gasteiger partial charge on any atom is 0.247 e. The van der Waals surface area contributed by atoms with Gasteiger partial charge >= 0.3 is 0 Å². The maximum atomic E-state index is 13.2. The van der Waals surface area contributed by atoms with E-state index in [1.165, 1.54) is 19.2 Å².